The highest BCUT2D eigenvalue weighted by atomic mass is 15.2. The topological polar surface area (TPSA) is 42.7 Å². The van der Waals surface area contributed by atoms with Crippen molar-refractivity contribution >= 4 is 16.6 Å². The van der Waals surface area contributed by atoms with Crippen LogP contribution < -0.4 is 5.32 Å². The second kappa shape index (κ2) is 4.96. The number of aryl methyl sites for hydroxylation is 2. The van der Waals surface area contributed by atoms with Gasteiger partial charge in [-0.2, -0.15) is 5.10 Å². The Kier molecular flexibility index (Phi) is 3.14. The van der Waals surface area contributed by atoms with E-state index in [2.05, 4.69) is 47.4 Å². The Hall–Kier alpha value is -2.36. The first-order valence-electron chi connectivity index (χ1n) is 6.74. The van der Waals surface area contributed by atoms with Crippen LogP contribution in [0.1, 0.15) is 24.1 Å². The molecule has 4 nitrogen and oxygen atoms in total. The lowest BCUT2D eigenvalue weighted by Crippen LogP contribution is -2.06. The fourth-order valence-corrected chi connectivity index (χ4v) is 2.42. The van der Waals surface area contributed by atoms with Crippen molar-refractivity contribution in [1.82, 2.24) is 14.8 Å². The molecule has 0 spiro atoms. The minimum atomic E-state index is 0.204. The normalized spacial score (nSPS) is 12.6. The molecule has 3 aromatic rings. The fraction of sp³-hybridized carbons (Fsp3) is 0.250. The molecule has 0 aliphatic rings. The van der Waals surface area contributed by atoms with Crippen molar-refractivity contribution in [2.45, 2.75) is 19.9 Å². The van der Waals surface area contributed by atoms with Gasteiger partial charge in [-0.3, -0.25) is 9.67 Å². The third-order valence-corrected chi connectivity index (χ3v) is 3.57. The standard InChI is InChI=1S/C16H18N4/c1-11-6-7-15(14-5-4-8-17-16(11)14)19-12(2)13-9-18-20(3)10-13/h4-10,12,19H,1-3H3. The highest BCUT2D eigenvalue weighted by Gasteiger charge is 2.10. The maximum absolute atomic E-state index is 4.47. The van der Waals surface area contributed by atoms with Crippen LogP contribution in [-0.2, 0) is 7.05 Å². The predicted molar refractivity (Wildman–Crippen MR) is 81.7 cm³/mol. The molecule has 3 rings (SSSR count). The van der Waals surface area contributed by atoms with Gasteiger partial charge in [0.2, 0.25) is 0 Å². The number of hydrogen-bond donors (Lipinski definition) is 1. The van der Waals surface area contributed by atoms with Crippen LogP contribution >= 0.6 is 0 Å². The summed E-state index contributed by atoms with van der Waals surface area (Å²) >= 11 is 0. The Morgan fingerprint density at radius 2 is 2.10 bits per heavy atom. The summed E-state index contributed by atoms with van der Waals surface area (Å²) in [5.41, 5.74) is 4.52. The van der Waals surface area contributed by atoms with Crippen molar-refractivity contribution < 1.29 is 0 Å². The third kappa shape index (κ3) is 2.25. The number of rotatable bonds is 3. The number of nitrogens with zero attached hydrogens (tertiary/aromatic N) is 3. The first kappa shape index (κ1) is 12.7. The molecular weight excluding hydrogens is 248 g/mol. The van der Waals surface area contributed by atoms with Gasteiger partial charge in [-0.05, 0) is 37.6 Å². The average molecular weight is 266 g/mol. The monoisotopic (exact) mass is 266 g/mol. The summed E-state index contributed by atoms with van der Waals surface area (Å²) in [4.78, 5) is 4.47. The molecule has 0 bridgehead atoms. The van der Waals surface area contributed by atoms with Gasteiger partial charge in [-0.25, -0.2) is 0 Å². The van der Waals surface area contributed by atoms with Crippen LogP contribution in [-0.4, -0.2) is 14.8 Å². The summed E-state index contributed by atoms with van der Waals surface area (Å²) < 4.78 is 1.82. The molecule has 2 aromatic heterocycles. The zero-order chi connectivity index (χ0) is 14.1. The van der Waals surface area contributed by atoms with Gasteiger partial charge in [0.05, 0.1) is 17.8 Å². The number of nitrogens with one attached hydrogen (secondary N) is 1. The van der Waals surface area contributed by atoms with Crippen molar-refractivity contribution in [2.75, 3.05) is 5.32 Å². The molecule has 0 saturated carbocycles. The summed E-state index contributed by atoms with van der Waals surface area (Å²) in [6, 6.07) is 8.50. The smallest absolute Gasteiger partial charge is 0.0751 e. The van der Waals surface area contributed by atoms with Crippen LogP contribution in [0.15, 0.2) is 42.9 Å². The Morgan fingerprint density at radius 1 is 1.25 bits per heavy atom. The lowest BCUT2D eigenvalue weighted by molar-refractivity contribution is 0.765. The number of fused-ring (bicyclic) bond motifs is 1. The summed E-state index contributed by atoms with van der Waals surface area (Å²) in [5, 5.41) is 8.92. The summed E-state index contributed by atoms with van der Waals surface area (Å²) in [5.74, 6) is 0. The Bertz CT molecular complexity index is 745. The van der Waals surface area contributed by atoms with E-state index in [1.165, 1.54) is 11.1 Å². The molecule has 1 unspecified atom stereocenters. The lowest BCUT2D eigenvalue weighted by Gasteiger charge is -2.16. The first-order valence-corrected chi connectivity index (χ1v) is 6.74. The quantitative estimate of drug-likeness (QED) is 0.789. The highest BCUT2D eigenvalue weighted by molar-refractivity contribution is 5.93. The number of benzene rings is 1. The van der Waals surface area contributed by atoms with Gasteiger partial charge >= 0.3 is 0 Å². The Morgan fingerprint density at radius 3 is 2.85 bits per heavy atom. The number of hydrogen-bond acceptors (Lipinski definition) is 3. The zero-order valence-corrected chi connectivity index (χ0v) is 12.0. The van der Waals surface area contributed by atoms with E-state index < -0.39 is 0 Å². The van der Waals surface area contributed by atoms with Crippen LogP contribution in [0.3, 0.4) is 0 Å². The van der Waals surface area contributed by atoms with E-state index in [1.54, 1.807) is 0 Å². The molecule has 0 amide bonds. The van der Waals surface area contributed by atoms with Crippen molar-refractivity contribution in [2.24, 2.45) is 7.05 Å². The molecule has 0 aliphatic carbocycles. The van der Waals surface area contributed by atoms with E-state index >= 15 is 0 Å². The number of anilines is 1. The van der Waals surface area contributed by atoms with Gasteiger partial charge < -0.3 is 5.32 Å². The molecule has 0 fully saturated rings. The van der Waals surface area contributed by atoms with Crippen LogP contribution in [0.25, 0.3) is 10.9 Å². The van der Waals surface area contributed by atoms with Crippen LogP contribution in [0.5, 0.6) is 0 Å². The summed E-state index contributed by atoms with van der Waals surface area (Å²) in [6.45, 7) is 4.22. The molecule has 0 saturated heterocycles. The third-order valence-electron chi connectivity index (χ3n) is 3.57. The fourth-order valence-electron chi connectivity index (χ4n) is 2.42. The lowest BCUT2D eigenvalue weighted by atomic mass is 10.1. The predicted octanol–water partition coefficient (Wildman–Crippen LogP) is 3.45. The second-order valence-electron chi connectivity index (χ2n) is 5.14. The molecule has 102 valence electrons. The van der Waals surface area contributed by atoms with E-state index in [9.17, 15) is 0 Å². The average Bonchev–Trinajstić information content (AvgIpc) is 2.89. The summed E-state index contributed by atoms with van der Waals surface area (Å²) in [7, 11) is 1.93. The van der Waals surface area contributed by atoms with E-state index in [0.29, 0.717) is 0 Å². The molecule has 0 aliphatic heterocycles. The van der Waals surface area contributed by atoms with E-state index in [1.807, 2.05) is 36.4 Å². The van der Waals surface area contributed by atoms with Crippen molar-refractivity contribution in [1.29, 1.82) is 0 Å². The number of pyridine rings is 1. The molecule has 0 radical (unpaired) electrons. The van der Waals surface area contributed by atoms with Crippen molar-refractivity contribution in [3.05, 3.63) is 54.0 Å². The minimum Gasteiger partial charge on any atom is -0.378 e. The van der Waals surface area contributed by atoms with Crippen molar-refractivity contribution in [3.63, 3.8) is 0 Å². The summed E-state index contributed by atoms with van der Waals surface area (Å²) in [6.07, 6.45) is 5.77. The van der Waals surface area contributed by atoms with E-state index in [0.717, 1.165) is 16.6 Å². The molecular formula is C16H18N4. The Labute approximate surface area is 118 Å². The molecule has 1 aromatic carbocycles. The van der Waals surface area contributed by atoms with Crippen LogP contribution in [0, 0.1) is 6.92 Å². The Balaban J connectivity index is 1.97. The van der Waals surface area contributed by atoms with E-state index in [4.69, 9.17) is 0 Å². The highest BCUT2D eigenvalue weighted by Crippen LogP contribution is 2.27. The van der Waals surface area contributed by atoms with Gasteiger partial charge in [-0.15, -0.1) is 0 Å². The molecule has 4 heteroatoms. The largest absolute Gasteiger partial charge is 0.378 e. The molecule has 1 atom stereocenters. The maximum atomic E-state index is 4.47. The first-order chi connectivity index (χ1) is 9.65. The molecule has 2 heterocycles. The van der Waals surface area contributed by atoms with Gasteiger partial charge in [0, 0.05) is 36.1 Å². The van der Waals surface area contributed by atoms with Gasteiger partial charge in [-0.1, -0.05) is 6.07 Å². The molecule has 1 N–H and O–H groups in total. The van der Waals surface area contributed by atoms with Gasteiger partial charge in [0.15, 0.2) is 0 Å². The van der Waals surface area contributed by atoms with Crippen LogP contribution in [0.2, 0.25) is 0 Å². The number of aromatic nitrogens is 3. The van der Waals surface area contributed by atoms with E-state index in [-0.39, 0.29) is 6.04 Å². The van der Waals surface area contributed by atoms with Crippen molar-refractivity contribution in [3.8, 4) is 0 Å². The molecule has 20 heavy (non-hydrogen) atoms. The zero-order valence-electron chi connectivity index (χ0n) is 12.0. The second-order valence-corrected chi connectivity index (χ2v) is 5.14. The SMILES string of the molecule is Cc1ccc(NC(C)c2cnn(C)c2)c2cccnc12. The van der Waals surface area contributed by atoms with Gasteiger partial charge in [0.1, 0.15) is 0 Å². The minimum absolute atomic E-state index is 0.204. The van der Waals surface area contributed by atoms with Crippen LogP contribution in [0.4, 0.5) is 5.69 Å². The maximum Gasteiger partial charge on any atom is 0.0751 e. The van der Waals surface area contributed by atoms with Gasteiger partial charge in [0.25, 0.3) is 0 Å².